The van der Waals surface area contributed by atoms with Gasteiger partial charge in [0.1, 0.15) is 5.75 Å². The third-order valence-corrected chi connectivity index (χ3v) is 5.78. The Morgan fingerprint density at radius 3 is 2.66 bits per heavy atom. The lowest BCUT2D eigenvalue weighted by molar-refractivity contribution is 0.0955. The predicted octanol–water partition coefficient (Wildman–Crippen LogP) is 5.22. The molecule has 0 fully saturated rings. The molecule has 6 heteroatoms. The van der Waals surface area contributed by atoms with Crippen LogP contribution in [0.5, 0.6) is 5.75 Å². The van der Waals surface area contributed by atoms with Crippen molar-refractivity contribution in [3.8, 4) is 5.75 Å². The predicted molar refractivity (Wildman–Crippen MR) is 120 cm³/mol. The number of hydrogen-bond donors (Lipinski definition) is 1. The van der Waals surface area contributed by atoms with E-state index in [2.05, 4.69) is 55.3 Å². The summed E-state index contributed by atoms with van der Waals surface area (Å²) >= 11 is 5.86. The number of halogens is 1. The zero-order chi connectivity index (χ0) is 21.2. The number of hydrazone groups is 1. The molecule has 1 aliphatic rings. The fourth-order valence-electron chi connectivity index (χ4n) is 4.23. The standard InChI is InChI=1S/C23H28ClN3O2/c1-6-27-20-12-21(29-5)17(11-19(20)15(2)13-23(27,3)4)14-25-26-22(28)16-7-9-18(24)10-8-16/h7-12,14-15H,6,13H2,1-5H3,(H,26,28)/b25-14-. The van der Waals surface area contributed by atoms with Crippen LogP contribution in [0.25, 0.3) is 0 Å². The van der Waals surface area contributed by atoms with Crippen molar-refractivity contribution in [2.24, 2.45) is 5.10 Å². The first-order valence-electron chi connectivity index (χ1n) is 9.85. The number of anilines is 1. The van der Waals surface area contributed by atoms with Crippen molar-refractivity contribution in [3.05, 3.63) is 58.1 Å². The molecule has 3 rings (SSSR count). The van der Waals surface area contributed by atoms with Crippen LogP contribution < -0.4 is 15.1 Å². The SMILES string of the molecule is CCN1c2cc(OC)c(/C=N\NC(=O)c3ccc(Cl)cc3)cc2C(C)CC1(C)C. The van der Waals surface area contributed by atoms with Gasteiger partial charge in [-0.1, -0.05) is 18.5 Å². The van der Waals surface area contributed by atoms with Crippen LogP contribution >= 0.6 is 11.6 Å². The Kier molecular flexibility index (Phi) is 6.18. The molecule has 0 bridgehead atoms. The van der Waals surface area contributed by atoms with Crippen LogP contribution in [-0.4, -0.2) is 31.3 Å². The van der Waals surface area contributed by atoms with Gasteiger partial charge in [-0.2, -0.15) is 5.10 Å². The quantitative estimate of drug-likeness (QED) is 0.539. The molecule has 5 nitrogen and oxygen atoms in total. The summed E-state index contributed by atoms with van der Waals surface area (Å²) in [4.78, 5) is 14.7. The molecule has 0 aromatic heterocycles. The molecular formula is C23H28ClN3O2. The number of ether oxygens (including phenoxy) is 1. The summed E-state index contributed by atoms with van der Waals surface area (Å²) in [5, 5.41) is 4.72. The van der Waals surface area contributed by atoms with Crippen molar-refractivity contribution in [3.63, 3.8) is 0 Å². The Balaban J connectivity index is 1.86. The minimum absolute atomic E-state index is 0.0916. The second-order valence-corrected chi connectivity index (χ2v) is 8.46. The number of amides is 1. The number of nitrogens with zero attached hydrogens (tertiary/aromatic N) is 2. The average molecular weight is 414 g/mol. The first kappa shape index (κ1) is 21.2. The Labute approximate surface area is 177 Å². The number of carbonyl (C=O) groups is 1. The normalized spacial score (nSPS) is 17.9. The van der Waals surface area contributed by atoms with Crippen LogP contribution in [0.3, 0.4) is 0 Å². The van der Waals surface area contributed by atoms with Gasteiger partial charge in [0.05, 0.1) is 13.3 Å². The molecule has 2 aromatic rings. The van der Waals surface area contributed by atoms with Gasteiger partial charge in [0, 0.05) is 40.0 Å². The van der Waals surface area contributed by atoms with Gasteiger partial charge in [-0.05, 0) is 69.0 Å². The van der Waals surface area contributed by atoms with E-state index in [1.54, 1.807) is 37.6 Å². The molecule has 0 spiro atoms. The zero-order valence-corrected chi connectivity index (χ0v) is 18.4. The maximum absolute atomic E-state index is 12.2. The number of hydrogen-bond acceptors (Lipinski definition) is 4. The van der Waals surface area contributed by atoms with Crippen molar-refractivity contribution in [1.29, 1.82) is 0 Å². The van der Waals surface area contributed by atoms with Crippen LogP contribution in [0.2, 0.25) is 5.02 Å². The Bertz CT molecular complexity index is 922. The third-order valence-electron chi connectivity index (χ3n) is 5.53. The number of rotatable bonds is 5. The lowest BCUT2D eigenvalue weighted by Gasteiger charge is -2.47. The zero-order valence-electron chi connectivity index (χ0n) is 17.6. The first-order chi connectivity index (χ1) is 13.8. The van der Waals surface area contributed by atoms with Crippen LogP contribution in [0.4, 0.5) is 5.69 Å². The average Bonchev–Trinajstić information content (AvgIpc) is 2.68. The number of methoxy groups -OCH3 is 1. The van der Waals surface area contributed by atoms with E-state index in [4.69, 9.17) is 16.3 Å². The first-order valence-corrected chi connectivity index (χ1v) is 10.2. The van der Waals surface area contributed by atoms with Gasteiger partial charge in [-0.25, -0.2) is 5.43 Å². The third kappa shape index (κ3) is 4.40. The number of fused-ring (bicyclic) bond motifs is 1. The molecule has 1 atom stereocenters. The summed E-state index contributed by atoms with van der Waals surface area (Å²) in [6.45, 7) is 9.92. The van der Waals surface area contributed by atoms with Crippen molar-refractivity contribution < 1.29 is 9.53 Å². The van der Waals surface area contributed by atoms with Gasteiger partial charge in [-0.3, -0.25) is 4.79 Å². The monoisotopic (exact) mass is 413 g/mol. The fourth-order valence-corrected chi connectivity index (χ4v) is 4.36. The molecule has 154 valence electrons. The summed E-state index contributed by atoms with van der Waals surface area (Å²) in [6.07, 6.45) is 2.71. The molecule has 1 N–H and O–H groups in total. The lowest BCUT2D eigenvalue weighted by atomic mass is 9.79. The van der Waals surface area contributed by atoms with E-state index in [0.29, 0.717) is 16.5 Å². The van der Waals surface area contributed by atoms with Crippen LogP contribution in [0, 0.1) is 0 Å². The fraction of sp³-hybridized carbons (Fsp3) is 0.391. The molecule has 1 aliphatic heterocycles. The Morgan fingerprint density at radius 1 is 1.34 bits per heavy atom. The largest absolute Gasteiger partial charge is 0.496 e. The molecule has 29 heavy (non-hydrogen) atoms. The molecule has 0 saturated carbocycles. The van der Waals surface area contributed by atoms with Crippen molar-refractivity contribution in [2.75, 3.05) is 18.6 Å². The van der Waals surface area contributed by atoms with Gasteiger partial charge in [-0.15, -0.1) is 0 Å². The van der Waals surface area contributed by atoms with Gasteiger partial charge >= 0.3 is 0 Å². The molecule has 2 aromatic carbocycles. The minimum atomic E-state index is -0.290. The van der Waals surface area contributed by atoms with Crippen molar-refractivity contribution >= 4 is 29.4 Å². The number of carbonyl (C=O) groups excluding carboxylic acids is 1. The summed E-state index contributed by atoms with van der Waals surface area (Å²) in [7, 11) is 1.65. The van der Waals surface area contributed by atoms with E-state index in [-0.39, 0.29) is 11.4 Å². The smallest absolute Gasteiger partial charge is 0.271 e. The maximum atomic E-state index is 12.2. The second-order valence-electron chi connectivity index (χ2n) is 8.02. The maximum Gasteiger partial charge on any atom is 0.271 e. The highest BCUT2D eigenvalue weighted by molar-refractivity contribution is 6.30. The van der Waals surface area contributed by atoms with Gasteiger partial charge in [0.2, 0.25) is 0 Å². The van der Waals surface area contributed by atoms with E-state index >= 15 is 0 Å². The van der Waals surface area contributed by atoms with Gasteiger partial charge in [0.25, 0.3) is 5.91 Å². The van der Waals surface area contributed by atoms with Crippen molar-refractivity contribution in [1.82, 2.24) is 5.43 Å². The van der Waals surface area contributed by atoms with E-state index in [1.165, 1.54) is 11.3 Å². The highest BCUT2D eigenvalue weighted by atomic mass is 35.5. The molecule has 1 heterocycles. The van der Waals surface area contributed by atoms with Crippen LogP contribution in [0.1, 0.15) is 61.5 Å². The Hall–Kier alpha value is -2.53. The number of nitrogens with one attached hydrogen (secondary N) is 1. The molecule has 0 saturated heterocycles. The lowest BCUT2D eigenvalue weighted by Crippen LogP contribution is -2.48. The highest BCUT2D eigenvalue weighted by Crippen LogP contribution is 2.45. The second kappa shape index (κ2) is 8.46. The molecule has 1 amide bonds. The van der Waals surface area contributed by atoms with Gasteiger partial charge < -0.3 is 9.64 Å². The van der Waals surface area contributed by atoms with Crippen molar-refractivity contribution in [2.45, 2.75) is 45.6 Å². The summed E-state index contributed by atoms with van der Waals surface area (Å²) in [5.74, 6) is 0.864. The minimum Gasteiger partial charge on any atom is -0.496 e. The van der Waals surface area contributed by atoms with E-state index in [0.717, 1.165) is 24.3 Å². The summed E-state index contributed by atoms with van der Waals surface area (Å²) in [5.41, 5.74) is 6.47. The summed E-state index contributed by atoms with van der Waals surface area (Å²) in [6, 6.07) is 10.9. The van der Waals surface area contributed by atoms with E-state index in [1.807, 2.05) is 0 Å². The Morgan fingerprint density at radius 2 is 2.03 bits per heavy atom. The van der Waals surface area contributed by atoms with Crippen LogP contribution in [0.15, 0.2) is 41.5 Å². The van der Waals surface area contributed by atoms with Crippen LogP contribution in [-0.2, 0) is 0 Å². The molecule has 1 unspecified atom stereocenters. The highest BCUT2D eigenvalue weighted by Gasteiger charge is 2.36. The van der Waals surface area contributed by atoms with E-state index in [9.17, 15) is 4.79 Å². The van der Waals surface area contributed by atoms with E-state index < -0.39 is 0 Å². The molecule has 0 aliphatic carbocycles. The summed E-state index contributed by atoms with van der Waals surface area (Å²) < 4.78 is 5.62. The number of benzene rings is 2. The molecular weight excluding hydrogens is 386 g/mol. The van der Waals surface area contributed by atoms with Gasteiger partial charge in [0.15, 0.2) is 0 Å². The molecule has 0 radical (unpaired) electrons. The topological polar surface area (TPSA) is 53.9 Å².